The second kappa shape index (κ2) is 7.20. The molecule has 0 spiro atoms. The first-order valence-electron chi connectivity index (χ1n) is 6.39. The third kappa shape index (κ3) is 4.78. The summed E-state index contributed by atoms with van der Waals surface area (Å²) in [5.41, 5.74) is 1.85. The zero-order chi connectivity index (χ0) is 14.4. The minimum atomic E-state index is -0.247. The Hall–Kier alpha value is -1.68. The van der Waals surface area contributed by atoms with Gasteiger partial charge in [0.2, 0.25) is 5.91 Å². The van der Waals surface area contributed by atoms with E-state index in [0.29, 0.717) is 19.4 Å². The van der Waals surface area contributed by atoms with Gasteiger partial charge in [0, 0.05) is 11.0 Å². The van der Waals surface area contributed by atoms with Crippen molar-refractivity contribution in [3.63, 3.8) is 0 Å². The molecule has 0 aliphatic rings. The van der Waals surface area contributed by atoms with Crippen molar-refractivity contribution >= 4 is 21.8 Å². The van der Waals surface area contributed by atoms with Crippen LogP contribution in [0.15, 0.2) is 53.0 Å². The highest BCUT2D eigenvalue weighted by molar-refractivity contribution is 9.10. The molecule has 0 unspecified atom stereocenters. The van der Waals surface area contributed by atoms with Gasteiger partial charge in [-0.1, -0.05) is 40.2 Å². The van der Waals surface area contributed by atoms with Gasteiger partial charge in [-0.25, -0.2) is 4.39 Å². The van der Waals surface area contributed by atoms with Gasteiger partial charge in [0.25, 0.3) is 0 Å². The maximum absolute atomic E-state index is 13.0. The molecule has 2 nitrogen and oxygen atoms in total. The first-order chi connectivity index (χ1) is 9.63. The Kier molecular flexibility index (Phi) is 5.30. The normalized spacial score (nSPS) is 10.3. The SMILES string of the molecule is O=C(Cc1ccc(Br)cc1)NCCc1cccc(F)c1. The van der Waals surface area contributed by atoms with Crippen molar-refractivity contribution in [3.8, 4) is 0 Å². The Bertz CT molecular complexity index is 583. The highest BCUT2D eigenvalue weighted by atomic mass is 79.9. The van der Waals surface area contributed by atoms with Crippen molar-refractivity contribution in [1.82, 2.24) is 5.32 Å². The number of carbonyl (C=O) groups excluding carboxylic acids is 1. The van der Waals surface area contributed by atoms with E-state index in [0.717, 1.165) is 15.6 Å². The van der Waals surface area contributed by atoms with Crippen LogP contribution in [0.4, 0.5) is 4.39 Å². The molecule has 2 aromatic carbocycles. The van der Waals surface area contributed by atoms with Gasteiger partial charge in [-0.2, -0.15) is 0 Å². The molecule has 2 rings (SSSR count). The van der Waals surface area contributed by atoms with E-state index in [2.05, 4.69) is 21.2 Å². The number of nitrogens with one attached hydrogen (secondary N) is 1. The number of benzene rings is 2. The Labute approximate surface area is 126 Å². The summed E-state index contributed by atoms with van der Waals surface area (Å²) in [6.07, 6.45) is 0.986. The molecule has 0 heterocycles. The Morgan fingerprint density at radius 3 is 2.55 bits per heavy atom. The van der Waals surface area contributed by atoms with E-state index in [-0.39, 0.29) is 11.7 Å². The van der Waals surface area contributed by atoms with Crippen LogP contribution >= 0.6 is 15.9 Å². The van der Waals surface area contributed by atoms with E-state index < -0.39 is 0 Å². The van der Waals surface area contributed by atoms with Gasteiger partial charge in [-0.15, -0.1) is 0 Å². The molecule has 0 saturated carbocycles. The molecule has 0 bridgehead atoms. The van der Waals surface area contributed by atoms with Crippen molar-refractivity contribution < 1.29 is 9.18 Å². The van der Waals surface area contributed by atoms with Crippen molar-refractivity contribution in [2.75, 3.05) is 6.54 Å². The van der Waals surface area contributed by atoms with E-state index in [1.54, 1.807) is 6.07 Å². The molecule has 1 amide bonds. The summed E-state index contributed by atoms with van der Waals surface area (Å²) in [7, 11) is 0. The van der Waals surface area contributed by atoms with Crippen molar-refractivity contribution in [2.45, 2.75) is 12.8 Å². The zero-order valence-electron chi connectivity index (χ0n) is 10.9. The molecule has 1 N–H and O–H groups in total. The molecule has 0 aromatic heterocycles. The minimum absolute atomic E-state index is 0.0243. The lowest BCUT2D eigenvalue weighted by atomic mass is 10.1. The van der Waals surface area contributed by atoms with Crippen molar-refractivity contribution in [3.05, 3.63) is 69.9 Å². The highest BCUT2D eigenvalue weighted by Crippen LogP contribution is 2.10. The smallest absolute Gasteiger partial charge is 0.224 e. The van der Waals surface area contributed by atoms with Gasteiger partial charge < -0.3 is 5.32 Å². The average molecular weight is 336 g/mol. The van der Waals surface area contributed by atoms with E-state index in [1.165, 1.54) is 12.1 Å². The molecule has 0 radical (unpaired) electrons. The van der Waals surface area contributed by atoms with Crippen LogP contribution in [0.3, 0.4) is 0 Å². The van der Waals surface area contributed by atoms with Crippen molar-refractivity contribution in [1.29, 1.82) is 0 Å². The summed E-state index contributed by atoms with van der Waals surface area (Å²) in [4.78, 5) is 11.8. The molecule has 0 atom stereocenters. The quantitative estimate of drug-likeness (QED) is 0.890. The Balaban J connectivity index is 1.76. The second-order valence-electron chi connectivity index (χ2n) is 4.53. The lowest BCUT2D eigenvalue weighted by Crippen LogP contribution is -2.27. The van der Waals surface area contributed by atoms with Gasteiger partial charge in [-0.05, 0) is 41.8 Å². The van der Waals surface area contributed by atoms with Crippen LogP contribution in [0.5, 0.6) is 0 Å². The lowest BCUT2D eigenvalue weighted by molar-refractivity contribution is -0.120. The van der Waals surface area contributed by atoms with E-state index >= 15 is 0 Å². The Morgan fingerprint density at radius 2 is 1.85 bits per heavy atom. The Morgan fingerprint density at radius 1 is 1.10 bits per heavy atom. The zero-order valence-corrected chi connectivity index (χ0v) is 12.5. The monoisotopic (exact) mass is 335 g/mol. The first kappa shape index (κ1) is 14.7. The largest absolute Gasteiger partial charge is 0.355 e. The average Bonchev–Trinajstić information content (AvgIpc) is 2.41. The highest BCUT2D eigenvalue weighted by Gasteiger charge is 2.03. The molecule has 104 valence electrons. The van der Waals surface area contributed by atoms with E-state index in [4.69, 9.17) is 0 Å². The molecule has 4 heteroatoms. The fraction of sp³-hybridized carbons (Fsp3) is 0.188. The standard InChI is InChI=1S/C16H15BrFNO/c17-14-6-4-13(5-7-14)11-16(20)19-9-8-12-2-1-3-15(18)10-12/h1-7,10H,8-9,11H2,(H,19,20). The molecule has 2 aromatic rings. The van der Waals surface area contributed by atoms with Crippen molar-refractivity contribution in [2.24, 2.45) is 0 Å². The molecule has 0 fully saturated rings. The van der Waals surface area contributed by atoms with Gasteiger partial charge >= 0.3 is 0 Å². The predicted molar refractivity (Wildman–Crippen MR) is 81.0 cm³/mol. The van der Waals surface area contributed by atoms with Gasteiger partial charge in [-0.3, -0.25) is 4.79 Å². The number of halogens is 2. The molecule has 20 heavy (non-hydrogen) atoms. The van der Waals surface area contributed by atoms with Crippen LogP contribution in [0.1, 0.15) is 11.1 Å². The first-order valence-corrected chi connectivity index (χ1v) is 7.18. The molecular weight excluding hydrogens is 321 g/mol. The van der Waals surface area contributed by atoms with Crippen LogP contribution in [0, 0.1) is 5.82 Å². The lowest BCUT2D eigenvalue weighted by Gasteiger charge is -2.06. The summed E-state index contributed by atoms with van der Waals surface area (Å²) >= 11 is 3.35. The predicted octanol–water partition coefficient (Wildman–Crippen LogP) is 3.49. The third-order valence-corrected chi connectivity index (χ3v) is 3.43. The summed E-state index contributed by atoms with van der Waals surface area (Å²) in [6.45, 7) is 0.513. The number of hydrogen-bond donors (Lipinski definition) is 1. The summed E-state index contributed by atoms with van der Waals surface area (Å²) in [5.74, 6) is -0.271. The van der Waals surface area contributed by atoms with Gasteiger partial charge in [0.15, 0.2) is 0 Å². The molecule has 0 aliphatic heterocycles. The third-order valence-electron chi connectivity index (χ3n) is 2.90. The summed E-state index contributed by atoms with van der Waals surface area (Å²) in [6, 6.07) is 14.1. The van der Waals surface area contributed by atoms with Crippen LogP contribution in [-0.4, -0.2) is 12.5 Å². The van der Waals surface area contributed by atoms with E-state index in [1.807, 2.05) is 30.3 Å². The molecular formula is C16H15BrFNO. The minimum Gasteiger partial charge on any atom is -0.355 e. The number of hydrogen-bond acceptors (Lipinski definition) is 1. The number of carbonyl (C=O) groups is 1. The maximum Gasteiger partial charge on any atom is 0.224 e. The van der Waals surface area contributed by atoms with Crippen LogP contribution in [0.25, 0.3) is 0 Å². The maximum atomic E-state index is 13.0. The fourth-order valence-corrected chi connectivity index (χ4v) is 2.15. The number of rotatable bonds is 5. The second-order valence-corrected chi connectivity index (χ2v) is 5.45. The fourth-order valence-electron chi connectivity index (χ4n) is 1.89. The van der Waals surface area contributed by atoms with Gasteiger partial charge in [0.05, 0.1) is 6.42 Å². The molecule has 0 aliphatic carbocycles. The summed E-state index contributed by atoms with van der Waals surface area (Å²) < 4.78 is 14.0. The van der Waals surface area contributed by atoms with Crippen LogP contribution in [-0.2, 0) is 17.6 Å². The number of amides is 1. The summed E-state index contributed by atoms with van der Waals surface area (Å²) in [5, 5.41) is 2.84. The topological polar surface area (TPSA) is 29.1 Å². The van der Waals surface area contributed by atoms with Crippen LogP contribution in [0.2, 0.25) is 0 Å². The van der Waals surface area contributed by atoms with Crippen LogP contribution < -0.4 is 5.32 Å². The molecule has 0 saturated heterocycles. The van der Waals surface area contributed by atoms with E-state index in [9.17, 15) is 9.18 Å². The van der Waals surface area contributed by atoms with Gasteiger partial charge in [0.1, 0.15) is 5.82 Å².